The van der Waals surface area contributed by atoms with Gasteiger partial charge < -0.3 is 10.6 Å². The summed E-state index contributed by atoms with van der Waals surface area (Å²) in [6, 6.07) is 19.4. The minimum atomic E-state index is -0.275. The average Bonchev–Trinajstić information content (AvgIpc) is 3.10. The Bertz CT molecular complexity index is 836. The number of carbonyl (C=O) groups is 1. The molecule has 132 valence electrons. The molecule has 0 fully saturated rings. The number of nitrogens with one attached hydrogen (secondary N) is 4. The maximum atomic E-state index is 12.7. The summed E-state index contributed by atoms with van der Waals surface area (Å²) in [6.45, 7) is 1.63. The molecule has 1 aliphatic heterocycles. The number of amides is 2. The molecule has 26 heavy (non-hydrogen) atoms. The molecular formula is C20H21N5O. The van der Waals surface area contributed by atoms with Gasteiger partial charge in [0.2, 0.25) is 0 Å². The second kappa shape index (κ2) is 7.41. The zero-order valence-corrected chi connectivity index (χ0v) is 14.3. The number of urea groups is 1. The van der Waals surface area contributed by atoms with E-state index in [4.69, 9.17) is 0 Å². The fourth-order valence-corrected chi connectivity index (χ4v) is 3.25. The van der Waals surface area contributed by atoms with Crippen molar-refractivity contribution in [1.29, 1.82) is 0 Å². The lowest BCUT2D eigenvalue weighted by Gasteiger charge is -2.20. The number of rotatable bonds is 4. The lowest BCUT2D eigenvalue weighted by Crippen LogP contribution is -2.34. The van der Waals surface area contributed by atoms with Gasteiger partial charge in [-0.2, -0.15) is 5.10 Å². The number of nitrogens with zero attached hydrogens (tertiary/aromatic N) is 1. The molecule has 1 aromatic heterocycles. The Morgan fingerprint density at radius 2 is 1.65 bits per heavy atom. The third kappa shape index (κ3) is 3.45. The summed E-state index contributed by atoms with van der Waals surface area (Å²) in [6.07, 6.45) is 0.891. The molecule has 0 spiro atoms. The molecule has 0 saturated heterocycles. The monoisotopic (exact) mass is 347 g/mol. The largest absolute Gasteiger partial charge is 0.327 e. The highest BCUT2D eigenvalue weighted by Crippen LogP contribution is 2.23. The molecule has 0 aliphatic carbocycles. The standard InChI is InChI=1S/C20H21N5O/c26-20(23-19-16-13-21-12-11-17(16)24-25-19)22-18(14-7-3-1-4-8-14)15-9-5-2-6-10-15/h1-10,18,21H,11-13H2,(H3,22,23,24,25,26). The first kappa shape index (κ1) is 16.4. The Hall–Kier alpha value is -3.12. The fourth-order valence-electron chi connectivity index (χ4n) is 3.25. The Morgan fingerprint density at radius 1 is 1.00 bits per heavy atom. The first-order valence-electron chi connectivity index (χ1n) is 8.75. The molecule has 4 rings (SSSR count). The van der Waals surface area contributed by atoms with Crippen LogP contribution in [0.5, 0.6) is 0 Å². The van der Waals surface area contributed by atoms with Gasteiger partial charge in [0.1, 0.15) is 0 Å². The summed E-state index contributed by atoms with van der Waals surface area (Å²) >= 11 is 0. The van der Waals surface area contributed by atoms with E-state index in [1.54, 1.807) is 0 Å². The van der Waals surface area contributed by atoms with Crippen molar-refractivity contribution in [3.05, 3.63) is 83.0 Å². The second-order valence-corrected chi connectivity index (χ2v) is 6.31. The van der Waals surface area contributed by atoms with E-state index in [1.165, 1.54) is 0 Å². The van der Waals surface area contributed by atoms with Crippen molar-refractivity contribution in [2.45, 2.75) is 19.0 Å². The molecule has 6 nitrogen and oxygen atoms in total. The minimum absolute atomic E-state index is 0.231. The van der Waals surface area contributed by atoms with E-state index in [2.05, 4.69) is 26.1 Å². The minimum Gasteiger partial charge on any atom is -0.327 e. The van der Waals surface area contributed by atoms with Gasteiger partial charge in [-0.25, -0.2) is 4.79 Å². The third-order valence-corrected chi connectivity index (χ3v) is 4.58. The van der Waals surface area contributed by atoms with E-state index in [9.17, 15) is 4.79 Å². The van der Waals surface area contributed by atoms with Crippen LogP contribution in [0.15, 0.2) is 60.7 Å². The SMILES string of the molecule is O=C(Nc1n[nH]c2c1CNCC2)NC(c1ccccc1)c1ccccc1. The molecule has 0 radical (unpaired) electrons. The topological polar surface area (TPSA) is 81.8 Å². The van der Waals surface area contributed by atoms with Gasteiger partial charge in [-0.1, -0.05) is 60.7 Å². The highest BCUT2D eigenvalue weighted by Gasteiger charge is 2.20. The smallest absolute Gasteiger partial charge is 0.321 e. The van der Waals surface area contributed by atoms with Crippen LogP contribution >= 0.6 is 0 Å². The molecule has 2 heterocycles. The quantitative estimate of drug-likeness (QED) is 0.586. The van der Waals surface area contributed by atoms with E-state index in [0.717, 1.165) is 35.3 Å². The zero-order valence-electron chi connectivity index (χ0n) is 14.3. The number of H-pyrrole nitrogens is 1. The maximum Gasteiger partial charge on any atom is 0.321 e. The predicted octanol–water partition coefficient (Wildman–Crippen LogP) is 2.97. The number of carbonyl (C=O) groups excluding carboxylic acids is 1. The van der Waals surface area contributed by atoms with Gasteiger partial charge in [-0.15, -0.1) is 0 Å². The number of anilines is 1. The Balaban J connectivity index is 1.54. The van der Waals surface area contributed by atoms with E-state index in [0.29, 0.717) is 12.4 Å². The summed E-state index contributed by atoms with van der Waals surface area (Å²) in [5, 5.41) is 16.5. The van der Waals surface area contributed by atoms with Crippen molar-refractivity contribution in [2.75, 3.05) is 11.9 Å². The molecule has 2 aromatic carbocycles. The summed E-state index contributed by atoms with van der Waals surface area (Å²) in [7, 11) is 0. The van der Waals surface area contributed by atoms with Crippen molar-refractivity contribution < 1.29 is 4.79 Å². The number of hydrogen-bond donors (Lipinski definition) is 4. The first-order valence-corrected chi connectivity index (χ1v) is 8.75. The van der Waals surface area contributed by atoms with Crippen molar-refractivity contribution in [3.63, 3.8) is 0 Å². The molecule has 2 amide bonds. The van der Waals surface area contributed by atoms with Gasteiger partial charge in [-0.05, 0) is 11.1 Å². The van der Waals surface area contributed by atoms with E-state index >= 15 is 0 Å². The Kier molecular flexibility index (Phi) is 4.66. The van der Waals surface area contributed by atoms with Crippen molar-refractivity contribution >= 4 is 11.8 Å². The lowest BCUT2D eigenvalue weighted by atomic mass is 9.99. The summed E-state index contributed by atoms with van der Waals surface area (Å²) in [5.41, 5.74) is 4.17. The van der Waals surface area contributed by atoms with Crippen LogP contribution in [0.4, 0.5) is 10.6 Å². The van der Waals surface area contributed by atoms with Gasteiger partial charge >= 0.3 is 6.03 Å². The van der Waals surface area contributed by atoms with Crippen molar-refractivity contribution in [3.8, 4) is 0 Å². The van der Waals surface area contributed by atoms with Crippen LogP contribution < -0.4 is 16.0 Å². The van der Waals surface area contributed by atoms with Gasteiger partial charge in [0, 0.05) is 30.8 Å². The Labute approximate surface area is 152 Å². The molecule has 6 heteroatoms. The normalized spacial score (nSPS) is 13.3. The van der Waals surface area contributed by atoms with Crippen LogP contribution in [-0.4, -0.2) is 22.8 Å². The molecule has 1 aliphatic rings. The van der Waals surface area contributed by atoms with Gasteiger partial charge in [-0.3, -0.25) is 10.4 Å². The van der Waals surface area contributed by atoms with Crippen LogP contribution in [0, 0.1) is 0 Å². The second-order valence-electron chi connectivity index (χ2n) is 6.31. The predicted molar refractivity (Wildman–Crippen MR) is 101 cm³/mol. The van der Waals surface area contributed by atoms with E-state index in [1.807, 2.05) is 60.7 Å². The molecule has 3 aromatic rings. The Morgan fingerprint density at radius 3 is 2.31 bits per heavy atom. The van der Waals surface area contributed by atoms with Crippen LogP contribution in [0.1, 0.15) is 28.4 Å². The lowest BCUT2D eigenvalue weighted by molar-refractivity contribution is 0.250. The van der Waals surface area contributed by atoms with Gasteiger partial charge in [0.05, 0.1) is 6.04 Å². The van der Waals surface area contributed by atoms with E-state index < -0.39 is 0 Å². The highest BCUT2D eigenvalue weighted by molar-refractivity contribution is 5.89. The number of aromatic amines is 1. The fraction of sp³-hybridized carbons (Fsp3) is 0.200. The number of hydrogen-bond acceptors (Lipinski definition) is 3. The zero-order chi connectivity index (χ0) is 17.8. The van der Waals surface area contributed by atoms with Gasteiger partial charge in [0.25, 0.3) is 0 Å². The molecule has 0 saturated carbocycles. The number of aromatic nitrogens is 2. The summed E-state index contributed by atoms with van der Waals surface area (Å²) in [5.74, 6) is 0.588. The maximum absolute atomic E-state index is 12.7. The van der Waals surface area contributed by atoms with Gasteiger partial charge in [0.15, 0.2) is 5.82 Å². The molecule has 0 bridgehead atoms. The van der Waals surface area contributed by atoms with Crippen LogP contribution in [0.3, 0.4) is 0 Å². The third-order valence-electron chi connectivity index (χ3n) is 4.58. The molecule has 0 unspecified atom stereocenters. The number of benzene rings is 2. The number of fused-ring (bicyclic) bond motifs is 1. The molecule has 0 atom stereocenters. The highest BCUT2D eigenvalue weighted by atomic mass is 16.2. The van der Waals surface area contributed by atoms with Crippen molar-refractivity contribution in [2.24, 2.45) is 0 Å². The first-order chi connectivity index (χ1) is 12.8. The molecular weight excluding hydrogens is 326 g/mol. The van der Waals surface area contributed by atoms with Crippen LogP contribution in [-0.2, 0) is 13.0 Å². The summed E-state index contributed by atoms with van der Waals surface area (Å²) < 4.78 is 0. The van der Waals surface area contributed by atoms with Crippen molar-refractivity contribution in [1.82, 2.24) is 20.8 Å². The van der Waals surface area contributed by atoms with Crippen LogP contribution in [0.25, 0.3) is 0 Å². The van der Waals surface area contributed by atoms with E-state index in [-0.39, 0.29) is 12.1 Å². The van der Waals surface area contributed by atoms with Crippen LogP contribution in [0.2, 0.25) is 0 Å². The summed E-state index contributed by atoms with van der Waals surface area (Å²) in [4.78, 5) is 12.7. The average molecular weight is 347 g/mol. The molecule has 4 N–H and O–H groups in total.